The van der Waals surface area contributed by atoms with E-state index in [1.54, 1.807) is 0 Å². The van der Waals surface area contributed by atoms with Gasteiger partial charge in [0.25, 0.3) is 0 Å². The second-order valence-electron chi connectivity index (χ2n) is 6.44. The first-order chi connectivity index (χ1) is 11.0. The molecule has 0 aliphatic heterocycles. The van der Waals surface area contributed by atoms with Crippen molar-refractivity contribution in [3.8, 4) is 16.9 Å². The fraction of sp³-hybridized carbons (Fsp3) is 0.368. The van der Waals surface area contributed by atoms with E-state index in [0.717, 1.165) is 11.3 Å². The van der Waals surface area contributed by atoms with E-state index in [1.807, 2.05) is 61.6 Å². The number of aliphatic hydroxyl groups excluding tert-OH is 2. The van der Waals surface area contributed by atoms with Crippen LogP contribution < -0.4 is 10.1 Å². The number of quaternary nitrogens is 1. The highest BCUT2D eigenvalue weighted by Crippen LogP contribution is 2.22. The first kappa shape index (κ1) is 17.5. The molecule has 23 heavy (non-hydrogen) atoms. The molecule has 0 saturated heterocycles. The molecule has 2 aromatic carbocycles. The second-order valence-corrected chi connectivity index (χ2v) is 6.44. The summed E-state index contributed by atoms with van der Waals surface area (Å²) in [6, 6.07) is 18.0. The average Bonchev–Trinajstić information content (AvgIpc) is 2.59. The van der Waals surface area contributed by atoms with E-state index in [2.05, 4.69) is 12.1 Å². The topological polar surface area (TPSA) is 66.3 Å². The van der Waals surface area contributed by atoms with E-state index in [1.165, 1.54) is 5.56 Å². The molecule has 2 aromatic rings. The Balaban J connectivity index is 1.82. The maximum atomic E-state index is 9.96. The van der Waals surface area contributed by atoms with E-state index in [9.17, 15) is 10.2 Å². The molecular formula is C19H26NO3+. The van der Waals surface area contributed by atoms with Gasteiger partial charge < -0.3 is 20.3 Å². The van der Waals surface area contributed by atoms with Gasteiger partial charge >= 0.3 is 0 Å². The first-order valence-electron chi connectivity index (χ1n) is 7.92. The lowest BCUT2D eigenvalue weighted by Crippen LogP contribution is -2.97. The normalized spacial score (nSPS) is 12.9. The van der Waals surface area contributed by atoms with Crippen LogP contribution in [0, 0.1) is 0 Å². The highest BCUT2D eigenvalue weighted by molar-refractivity contribution is 5.63. The quantitative estimate of drug-likeness (QED) is 0.690. The third-order valence-electron chi connectivity index (χ3n) is 3.75. The van der Waals surface area contributed by atoms with Crippen molar-refractivity contribution in [1.82, 2.24) is 0 Å². The van der Waals surface area contributed by atoms with Gasteiger partial charge in [0.2, 0.25) is 0 Å². The summed E-state index contributed by atoms with van der Waals surface area (Å²) < 4.78 is 5.63. The lowest BCUT2D eigenvalue weighted by atomic mass is 10.1. The smallest absolute Gasteiger partial charge is 0.137 e. The Kier molecular flexibility index (Phi) is 6.16. The van der Waals surface area contributed by atoms with Crippen LogP contribution in [0.4, 0.5) is 0 Å². The molecule has 4 nitrogen and oxygen atoms in total. The predicted octanol–water partition coefficient (Wildman–Crippen LogP) is 1.43. The molecular weight excluding hydrogens is 290 g/mol. The van der Waals surface area contributed by atoms with Gasteiger partial charge in [-0.05, 0) is 37.1 Å². The van der Waals surface area contributed by atoms with Crippen molar-refractivity contribution in [2.24, 2.45) is 0 Å². The molecule has 0 aromatic heterocycles. The van der Waals surface area contributed by atoms with Gasteiger partial charge in [0, 0.05) is 0 Å². The number of hydrogen-bond acceptors (Lipinski definition) is 3. The molecule has 0 heterocycles. The second kappa shape index (κ2) is 8.11. The summed E-state index contributed by atoms with van der Waals surface area (Å²) in [6.45, 7) is 4.67. The number of hydrogen-bond donors (Lipinski definition) is 3. The highest BCUT2D eigenvalue weighted by atomic mass is 16.5. The summed E-state index contributed by atoms with van der Waals surface area (Å²) in [4.78, 5) is 0. The van der Waals surface area contributed by atoms with E-state index in [0.29, 0.717) is 6.54 Å². The number of benzene rings is 2. The number of ether oxygens (including phenoxy) is 1. The van der Waals surface area contributed by atoms with Crippen LogP contribution >= 0.6 is 0 Å². The third kappa shape index (κ3) is 5.67. The van der Waals surface area contributed by atoms with Gasteiger partial charge in [-0.25, -0.2) is 0 Å². The Morgan fingerprint density at radius 3 is 2.22 bits per heavy atom. The van der Waals surface area contributed by atoms with Crippen LogP contribution in [0.3, 0.4) is 0 Å². The van der Waals surface area contributed by atoms with Crippen molar-refractivity contribution in [3.05, 3.63) is 54.6 Å². The molecule has 1 atom stereocenters. The van der Waals surface area contributed by atoms with Gasteiger partial charge in [0.15, 0.2) is 0 Å². The van der Waals surface area contributed by atoms with Crippen LogP contribution in [0.5, 0.6) is 5.75 Å². The van der Waals surface area contributed by atoms with Gasteiger partial charge in [-0.15, -0.1) is 0 Å². The van der Waals surface area contributed by atoms with Crippen molar-refractivity contribution >= 4 is 0 Å². The molecule has 0 amide bonds. The van der Waals surface area contributed by atoms with Gasteiger partial charge in [-0.1, -0.05) is 42.5 Å². The molecule has 2 rings (SSSR count). The molecule has 0 aliphatic carbocycles. The third-order valence-corrected chi connectivity index (χ3v) is 3.75. The lowest BCUT2D eigenvalue weighted by Gasteiger charge is -2.21. The van der Waals surface area contributed by atoms with E-state index in [4.69, 9.17) is 4.74 Å². The molecule has 0 radical (unpaired) electrons. The number of rotatable bonds is 8. The molecule has 0 spiro atoms. The zero-order chi connectivity index (χ0) is 16.7. The van der Waals surface area contributed by atoms with Crippen molar-refractivity contribution in [1.29, 1.82) is 0 Å². The minimum Gasteiger partial charge on any atom is -0.491 e. The highest BCUT2D eigenvalue weighted by Gasteiger charge is 2.21. The van der Waals surface area contributed by atoms with Crippen LogP contribution in [0.15, 0.2) is 54.6 Å². The Morgan fingerprint density at radius 1 is 1.00 bits per heavy atom. The largest absolute Gasteiger partial charge is 0.491 e. The Morgan fingerprint density at radius 2 is 1.61 bits per heavy atom. The number of nitrogens with two attached hydrogens (primary N) is 1. The molecule has 0 fully saturated rings. The standard InChI is InChI=1S/C19H25NO3/c1-19(2,14-21)20-12-17(22)13-23-18-10-8-16(9-11-18)15-6-4-3-5-7-15/h3-11,17,20-22H,12-14H2,1-2H3/p+1/t17-/m0/s1. The summed E-state index contributed by atoms with van der Waals surface area (Å²) in [6.07, 6.45) is -0.574. The maximum absolute atomic E-state index is 9.96. The SMILES string of the molecule is CC(C)(CO)[NH2+]C[C@H](O)COc1ccc(-c2ccccc2)cc1. The van der Waals surface area contributed by atoms with Crippen molar-refractivity contribution in [3.63, 3.8) is 0 Å². The average molecular weight is 316 g/mol. The van der Waals surface area contributed by atoms with E-state index >= 15 is 0 Å². The first-order valence-corrected chi connectivity index (χ1v) is 7.92. The Labute approximate surface area is 137 Å². The van der Waals surface area contributed by atoms with Crippen LogP contribution in [0.25, 0.3) is 11.1 Å². The Hall–Kier alpha value is -1.88. The van der Waals surface area contributed by atoms with Crippen LogP contribution in [-0.4, -0.2) is 41.6 Å². The monoisotopic (exact) mass is 316 g/mol. The molecule has 4 heteroatoms. The summed E-state index contributed by atoms with van der Waals surface area (Å²) in [5.41, 5.74) is 2.02. The summed E-state index contributed by atoms with van der Waals surface area (Å²) in [5, 5.41) is 21.1. The summed E-state index contributed by atoms with van der Waals surface area (Å²) >= 11 is 0. The minimum absolute atomic E-state index is 0.0710. The molecule has 0 bridgehead atoms. The van der Waals surface area contributed by atoms with Crippen molar-refractivity contribution in [2.75, 3.05) is 19.8 Å². The zero-order valence-corrected chi connectivity index (χ0v) is 13.8. The molecule has 0 unspecified atom stereocenters. The summed E-state index contributed by atoms with van der Waals surface area (Å²) in [7, 11) is 0. The van der Waals surface area contributed by atoms with E-state index < -0.39 is 6.10 Å². The molecule has 0 saturated carbocycles. The van der Waals surface area contributed by atoms with Gasteiger partial charge in [-0.3, -0.25) is 0 Å². The Bertz CT molecular complexity index is 581. The van der Waals surface area contributed by atoms with Crippen molar-refractivity contribution < 1.29 is 20.3 Å². The minimum atomic E-state index is -0.574. The van der Waals surface area contributed by atoms with Gasteiger partial charge in [0.05, 0.1) is 6.61 Å². The molecule has 124 valence electrons. The molecule has 0 aliphatic rings. The van der Waals surface area contributed by atoms with E-state index in [-0.39, 0.29) is 18.8 Å². The maximum Gasteiger partial charge on any atom is 0.137 e. The van der Waals surface area contributed by atoms with Crippen LogP contribution in [0.2, 0.25) is 0 Å². The van der Waals surface area contributed by atoms with Gasteiger partial charge in [-0.2, -0.15) is 0 Å². The molecule has 4 N–H and O–H groups in total. The van der Waals surface area contributed by atoms with Crippen molar-refractivity contribution in [2.45, 2.75) is 25.5 Å². The van der Waals surface area contributed by atoms with Crippen LogP contribution in [-0.2, 0) is 0 Å². The van der Waals surface area contributed by atoms with Gasteiger partial charge in [0.1, 0.15) is 30.5 Å². The zero-order valence-electron chi connectivity index (χ0n) is 13.8. The van der Waals surface area contributed by atoms with Crippen LogP contribution in [0.1, 0.15) is 13.8 Å². The fourth-order valence-electron chi connectivity index (χ4n) is 2.15. The fourth-order valence-corrected chi connectivity index (χ4v) is 2.15. The number of aliphatic hydroxyl groups is 2. The lowest BCUT2D eigenvalue weighted by molar-refractivity contribution is -0.727. The predicted molar refractivity (Wildman–Crippen MR) is 91.3 cm³/mol. The summed E-state index contributed by atoms with van der Waals surface area (Å²) in [5.74, 6) is 0.741.